The lowest BCUT2D eigenvalue weighted by Crippen LogP contribution is -2.36. The summed E-state index contributed by atoms with van der Waals surface area (Å²) in [5.74, 6) is -2.42. The Morgan fingerprint density at radius 1 is 1.21 bits per heavy atom. The van der Waals surface area contributed by atoms with Crippen molar-refractivity contribution in [1.82, 2.24) is 0 Å². The Morgan fingerprint density at radius 3 is 2.47 bits per heavy atom. The Labute approximate surface area is 110 Å². The highest BCUT2D eigenvalue weighted by Gasteiger charge is 2.39. The normalized spacial score (nSPS) is 17.5. The summed E-state index contributed by atoms with van der Waals surface area (Å²) in [6.07, 6.45) is 3.71. The monoisotopic (exact) mass is 264 g/mol. The maximum Gasteiger partial charge on any atom is 0.244 e. The van der Waals surface area contributed by atoms with Crippen LogP contribution in [0.1, 0.15) is 32.1 Å². The zero-order chi connectivity index (χ0) is 13.9. The summed E-state index contributed by atoms with van der Waals surface area (Å²) >= 11 is 0. The van der Waals surface area contributed by atoms with Gasteiger partial charge in [-0.25, -0.2) is 8.78 Å². The van der Waals surface area contributed by atoms with Gasteiger partial charge in [-0.1, -0.05) is 19.3 Å². The number of halogens is 2. The summed E-state index contributed by atoms with van der Waals surface area (Å²) in [6, 6.07) is 5.23. The Hall–Kier alpha value is -1.96. The van der Waals surface area contributed by atoms with Gasteiger partial charge in [0.05, 0.1) is 6.07 Å². The molecule has 0 heterocycles. The van der Waals surface area contributed by atoms with Gasteiger partial charge in [-0.15, -0.1) is 0 Å². The fraction of sp³-hybridized carbons (Fsp3) is 0.429. The second-order valence-electron chi connectivity index (χ2n) is 4.84. The van der Waals surface area contributed by atoms with Crippen LogP contribution in [-0.4, -0.2) is 5.91 Å². The molecule has 1 amide bonds. The average molecular weight is 264 g/mol. The molecule has 1 aliphatic rings. The lowest BCUT2D eigenvalue weighted by molar-refractivity contribution is -0.124. The molecule has 1 aromatic carbocycles. The van der Waals surface area contributed by atoms with Crippen LogP contribution in [0.5, 0.6) is 0 Å². The number of nitriles is 1. The fourth-order valence-corrected chi connectivity index (χ4v) is 2.37. The van der Waals surface area contributed by atoms with E-state index in [1.165, 1.54) is 6.07 Å². The van der Waals surface area contributed by atoms with Crippen molar-refractivity contribution in [3.63, 3.8) is 0 Å². The fourth-order valence-electron chi connectivity index (χ4n) is 2.37. The Morgan fingerprint density at radius 2 is 1.89 bits per heavy atom. The van der Waals surface area contributed by atoms with Gasteiger partial charge in [-0.3, -0.25) is 4.79 Å². The quantitative estimate of drug-likeness (QED) is 0.890. The summed E-state index contributed by atoms with van der Waals surface area (Å²) in [5, 5.41) is 11.7. The van der Waals surface area contributed by atoms with Crippen LogP contribution in [0.15, 0.2) is 18.2 Å². The van der Waals surface area contributed by atoms with E-state index in [4.69, 9.17) is 0 Å². The minimum atomic E-state index is -1.04. The number of nitrogens with zero attached hydrogens (tertiary/aromatic N) is 1. The Kier molecular flexibility index (Phi) is 3.79. The number of anilines is 1. The molecule has 1 N–H and O–H groups in total. The average Bonchev–Trinajstić information content (AvgIpc) is 2.43. The standard InChI is InChI=1S/C14H14F2N2O/c15-11-5-4-10(8-12(11)16)18-13(19)14(9-17)6-2-1-3-7-14/h4-5,8H,1-3,6-7H2,(H,18,19). The summed E-state index contributed by atoms with van der Waals surface area (Å²) in [5.41, 5.74) is -0.868. The van der Waals surface area contributed by atoms with E-state index in [1.807, 2.05) is 0 Å². The van der Waals surface area contributed by atoms with Crippen molar-refractivity contribution in [2.45, 2.75) is 32.1 Å². The van der Waals surface area contributed by atoms with E-state index >= 15 is 0 Å². The SMILES string of the molecule is N#CC1(C(=O)Nc2ccc(F)c(F)c2)CCCCC1. The second kappa shape index (κ2) is 5.35. The van der Waals surface area contributed by atoms with Crippen molar-refractivity contribution in [2.75, 3.05) is 5.32 Å². The Bertz CT molecular complexity index is 531. The molecule has 19 heavy (non-hydrogen) atoms. The van der Waals surface area contributed by atoms with Gasteiger partial charge in [0.1, 0.15) is 5.41 Å². The van der Waals surface area contributed by atoms with Crippen LogP contribution < -0.4 is 5.32 Å². The molecule has 0 bridgehead atoms. The van der Waals surface area contributed by atoms with Gasteiger partial charge in [0.25, 0.3) is 0 Å². The van der Waals surface area contributed by atoms with Gasteiger partial charge in [0.2, 0.25) is 5.91 Å². The zero-order valence-electron chi connectivity index (χ0n) is 10.4. The molecular formula is C14H14F2N2O. The van der Waals surface area contributed by atoms with Crippen molar-refractivity contribution in [3.05, 3.63) is 29.8 Å². The highest BCUT2D eigenvalue weighted by atomic mass is 19.2. The third-order valence-electron chi connectivity index (χ3n) is 3.53. The lowest BCUT2D eigenvalue weighted by atomic mass is 9.74. The van der Waals surface area contributed by atoms with Crippen LogP contribution in [0.3, 0.4) is 0 Å². The summed E-state index contributed by atoms with van der Waals surface area (Å²) in [4.78, 5) is 12.2. The number of rotatable bonds is 2. The molecule has 2 rings (SSSR count). The van der Waals surface area contributed by atoms with Crippen molar-refractivity contribution in [1.29, 1.82) is 5.26 Å². The van der Waals surface area contributed by atoms with Gasteiger partial charge in [0.15, 0.2) is 11.6 Å². The number of nitrogens with one attached hydrogen (secondary N) is 1. The third kappa shape index (κ3) is 2.73. The van der Waals surface area contributed by atoms with E-state index < -0.39 is 23.0 Å². The van der Waals surface area contributed by atoms with Gasteiger partial charge < -0.3 is 5.32 Å². The van der Waals surface area contributed by atoms with Crippen LogP contribution in [-0.2, 0) is 4.79 Å². The first kappa shape index (κ1) is 13.5. The van der Waals surface area contributed by atoms with Gasteiger partial charge in [-0.05, 0) is 25.0 Å². The predicted octanol–water partition coefficient (Wildman–Crippen LogP) is 3.38. The van der Waals surface area contributed by atoms with Gasteiger partial charge >= 0.3 is 0 Å². The van der Waals surface area contributed by atoms with E-state index in [-0.39, 0.29) is 5.69 Å². The first-order valence-electron chi connectivity index (χ1n) is 6.25. The van der Waals surface area contributed by atoms with E-state index in [0.717, 1.165) is 31.4 Å². The summed E-state index contributed by atoms with van der Waals surface area (Å²) in [7, 11) is 0. The molecule has 0 aromatic heterocycles. The number of hydrogen-bond donors (Lipinski definition) is 1. The lowest BCUT2D eigenvalue weighted by Gasteiger charge is -2.29. The number of hydrogen-bond acceptors (Lipinski definition) is 2. The molecule has 3 nitrogen and oxygen atoms in total. The number of carbonyl (C=O) groups excluding carboxylic acids is 1. The minimum Gasteiger partial charge on any atom is -0.325 e. The van der Waals surface area contributed by atoms with Gasteiger partial charge in [-0.2, -0.15) is 5.26 Å². The predicted molar refractivity (Wildman–Crippen MR) is 66.1 cm³/mol. The van der Waals surface area contributed by atoms with Crippen molar-refractivity contribution < 1.29 is 13.6 Å². The minimum absolute atomic E-state index is 0.170. The largest absolute Gasteiger partial charge is 0.325 e. The highest BCUT2D eigenvalue weighted by molar-refractivity contribution is 5.97. The van der Waals surface area contributed by atoms with Crippen molar-refractivity contribution in [2.24, 2.45) is 5.41 Å². The van der Waals surface area contributed by atoms with E-state index in [0.29, 0.717) is 12.8 Å². The molecule has 0 aliphatic heterocycles. The van der Waals surface area contributed by atoms with Crippen LogP contribution in [0.4, 0.5) is 14.5 Å². The van der Waals surface area contributed by atoms with E-state index in [1.54, 1.807) is 0 Å². The Balaban J connectivity index is 2.15. The zero-order valence-corrected chi connectivity index (χ0v) is 10.4. The molecule has 1 aliphatic carbocycles. The molecule has 100 valence electrons. The molecule has 1 aromatic rings. The molecule has 1 fully saturated rings. The summed E-state index contributed by atoms with van der Waals surface area (Å²) < 4.78 is 25.9. The smallest absolute Gasteiger partial charge is 0.244 e. The van der Waals surface area contributed by atoms with Crippen molar-refractivity contribution in [3.8, 4) is 6.07 Å². The van der Waals surface area contributed by atoms with Crippen LogP contribution in [0.25, 0.3) is 0 Å². The van der Waals surface area contributed by atoms with Crippen LogP contribution in [0, 0.1) is 28.4 Å². The number of amides is 1. The van der Waals surface area contributed by atoms with Crippen LogP contribution in [0.2, 0.25) is 0 Å². The first-order chi connectivity index (χ1) is 9.07. The first-order valence-corrected chi connectivity index (χ1v) is 6.25. The second-order valence-corrected chi connectivity index (χ2v) is 4.84. The molecule has 0 spiro atoms. The number of carbonyl (C=O) groups is 1. The molecule has 0 unspecified atom stereocenters. The van der Waals surface area contributed by atoms with Crippen molar-refractivity contribution >= 4 is 11.6 Å². The molecule has 1 saturated carbocycles. The van der Waals surface area contributed by atoms with Crippen LogP contribution >= 0.6 is 0 Å². The number of benzene rings is 1. The molecule has 0 saturated heterocycles. The highest BCUT2D eigenvalue weighted by Crippen LogP contribution is 2.36. The molecule has 0 atom stereocenters. The third-order valence-corrected chi connectivity index (χ3v) is 3.53. The maximum atomic E-state index is 13.1. The topological polar surface area (TPSA) is 52.9 Å². The van der Waals surface area contributed by atoms with Gasteiger partial charge in [0, 0.05) is 11.8 Å². The van der Waals surface area contributed by atoms with E-state index in [2.05, 4.69) is 11.4 Å². The molecular weight excluding hydrogens is 250 g/mol. The van der Waals surface area contributed by atoms with E-state index in [9.17, 15) is 18.8 Å². The molecule has 5 heteroatoms. The summed E-state index contributed by atoms with van der Waals surface area (Å²) in [6.45, 7) is 0. The molecule has 0 radical (unpaired) electrons. The maximum absolute atomic E-state index is 13.1.